The van der Waals surface area contributed by atoms with E-state index >= 15 is 0 Å². The van der Waals surface area contributed by atoms with Crippen molar-refractivity contribution in [3.63, 3.8) is 0 Å². The van der Waals surface area contributed by atoms with Gasteiger partial charge in [-0.3, -0.25) is 9.59 Å². The first-order chi connectivity index (χ1) is 10.0. The Balaban J connectivity index is 3.05. The van der Waals surface area contributed by atoms with Crippen molar-refractivity contribution < 1.29 is 14.7 Å². The normalized spacial score (nSPS) is 12.0. The Morgan fingerprint density at radius 2 is 1.90 bits per heavy atom. The van der Waals surface area contributed by atoms with Gasteiger partial charge in [0.05, 0.1) is 5.92 Å². The molecule has 1 amide bonds. The fourth-order valence-electron chi connectivity index (χ4n) is 2.22. The zero-order valence-corrected chi connectivity index (χ0v) is 13.1. The van der Waals surface area contributed by atoms with E-state index in [1.54, 1.807) is 11.8 Å². The smallest absolute Gasteiger partial charge is 0.308 e. The number of aliphatic carboxylic acids is 1. The molecule has 0 radical (unpaired) electrons. The Bertz CT molecular complexity index is 485. The second-order valence-corrected chi connectivity index (χ2v) is 5.33. The first-order valence-electron chi connectivity index (χ1n) is 7.62. The molecule has 0 aliphatic carbocycles. The number of hydrogen-bond acceptors (Lipinski definition) is 2. The van der Waals surface area contributed by atoms with Gasteiger partial charge >= 0.3 is 5.97 Å². The van der Waals surface area contributed by atoms with E-state index < -0.39 is 11.9 Å². The van der Waals surface area contributed by atoms with Gasteiger partial charge in [0.15, 0.2) is 0 Å². The summed E-state index contributed by atoms with van der Waals surface area (Å²) in [6, 6.07) is 7.72. The van der Waals surface area contributed by atoms with Gasteiger partial charge in [0.2, 0.25) is 5.91 Å². The van der Waals surface area contributed by atoms with Crippen molar-refractivity contribution in [3.05, 3.63) is 29.8 Å². The molecule has 1 aromatic carbocycles. The molecular formula is C17H25NO3. The number of aryl methyl sites for hydroxylation is 1. The van der Waals surface area contributed by atoms with Crippen LogP contribution in [0, 0.1) is 5.92 Å². The number of unbranched alkanes of at least 4 members (excludes halogenated alkanes) is 1. The lowest BCUT2D eigenvalue weighted by molar-refractivity contribution is -0.140. The van der Waals surface area contributed by atoms with Gasteiger partial charge in [0.1, 0.15) is 0 Å². The maximum absolute atomic E-state index is 12.5. The van der Waals surface area contributed by atoms with Crippen LogP contribution in [0.1, 0.15) is 45.6 Å². The molecule has 4 nitrogen and oxygen atoms in total. The number of para-hydroxylation sites is 1. The number of rotatable bonds is 8. The molecule has 4 heteroatoms. The molecule has 0 saturated carbocycles. The van der Waals surface area contributed by atoms with Gasteiger partial charge < -0.3 is 10.0 Å². The Kier molecular flexibility index (Phi) is 6.92. The predicted molar refractivity (Wildman–Crippen MR) is 84.5 cm³/mol. The van der Waals surface area contributed by atoms with E-state index in [1.165, 1.54) is 0 Å². The largest absolute Gasteiger partial charge is 0.481 e. The zero-order chi connectivity index (χ0) is 15.8. The average molecular weight is 291 g/mol. The highest BCUT2D eigenvalue weighted by Gasteiger charge is 2.23. The predicted octanol–water partition coefficient (Wildman–Crippen LogP) is 3.49. The summed E-state index contributed by atoms with van der Waals surface area (Å²) < 4.78 is 0. The Hall–Kier alpha value is -1.84. The molecule has 1 atom stereocenters. The molecule has 1 rings (SSSR count). The van der Waals surface area contributed by atoms with E-state index in [4.69, 9.17) is 5.11 Å². The second kappa shape index (κ2) is 8.45. The highest BCUT2D eigenvalue weighted by molar-refractivity contribution is 5.94. The van der Waals surface area contributed by atoms with Crippen LogP contribution in [0.2, 0.25) is 0 Å². The second-order valence-electron chi connectivity index (χ2n) is 5.33. The molecule has 0 aromatic heterocycles. The molecule has 0 bridgehead atoms. The van der Waals surface area contributed by atoms with Crippen LogP contribution < -0.4 is 4.90 Å². The van der Waals surface area contributed by atoms with Gasteiger partial charge in [0.25, 0.3) is 0 Å². The van der Waals surface area contributed by atoms with Gasteiger partial charge in [-0.05, 0) is 24.5 Å². The number of carboxylic acids is 1. The van der Waals surface area contributed by atoms with Crippen LogP contribution in [0.25, 0.3) is 0 Å². The molecule has 0 fully saturated rings. The number of amides is 1. The fourth-order valence-corrected chi connectivity index (χ4v) is 2.22. The van der Waals surface area contributed by atoms with Crippen molar-refractivity contribution in [2.24, 2.45) is 5.92 Å². The first kappa shape index (κ1) is 17.2. The van der Waals surface area contributed by atoms with Gasteiger partial charge in [0, 0.05) is 18.7 Å². The molecule has 0 spiro atoms. The molecular weight excluding hydrogens is 266 g/mol. The van der Waals surface area contributed by atoms with Gasteiger partial charge in [-0.2, -0.15) is 0 Å². The summed E-state index contributed by atoms with van der Waals surface area (Å²) in [6.45, 7) is 5.93. The van der Waals surface area contributed by atoms with Crippen molar-refractivity contribution in [2.45, 2.75) is 46.5 Å². The van der Waals surface area contributed by atoms with Crippen LogP contribution >= 0.6 is 0 Å². The summed E-state index contributed by atoms with van der Waals surface area (Å²) in [5.74, 6) is -1.45. The van der Waals surface area contributed by atoms with E-state index in [1.807, 2.05) is 38.1 Å². The number of carboxylic acid groups (broad SMARTS) is 1. The van der Waals surface area contributed by atoms with Crippen LogP contribution in [-0.4, -0.2) is 23.5 Å². The summed E-state index contributed by atoms with van der Waals surface area (Å²) in [5, 5.41) is 9.12. The average Bonchev–Trinajstić information content (AvgIpc) is 2.49. The molecule has 0 aliphatic rings. The number of anilines is 1. The lowest BCUT2D eigenvalue weighted by atomic mass is 10.1. The Morgan fingerprint density at radius 3 is 2.48 bits per heavy atom. The van der Waals surface area contributed by atoms with Crippen molar-refractivity contribution in [1.29, 1.82) is 0 Å². The number of carbonyl (C=O) groups is 2. The minimum atomic E-state index is -0.878. The molecule has 0 aliphatic heterocycles. The molecule has 1 unspecified atom stereocenters. The maximum Gasteiger partial charge on any atom is 0.308 e. The van der Waals surface area contributed by atoms with Gasteiger partial charge in [-0.15, -0.1) is 0 Å². The number of nitrogens with zero attached hydrogens (tertiary/aromatic N) is 1. The van der Waals surface area contributed by atoms with Crippen molar-refractivity contribution in [3.8, 4) is 0 Å². The molecule has 1 aromatic rings. The number of hydrogen-bond donors (Lipinski definition) is 1. The van der Waals surface area contributed by atoms with Crippen molar-refractivity contribution >= 4 is 17.6 Å². The van der Waals surface area contributed by atoms with Gasteiger partial charge in [-0.1, -0.05) is 45.4 Å². The summed E-state index contributed by atoms with van der Waals surface area (Å²) >= 11 is 0. The monoisotopic (exact) mass is 291 g/mol. The molecule has 0 saturated heterocycles. The number of benzene rings is 1. The summed E-state index contributed by atoms with van der Waals surface area (Å²) in [6.07, 6.45) is 3.05. The molecule has 1 N–H and O–H groups in total. The van der Waals surface area contributed by atoms with Gasteiger partial charge in [-0.25, -0.2) is 0 Å². The Morgan fingerprint density at radius 1 is 1.24 bits per heavy atom. The lowest BCUT2D eigenvalue weighted by Gasteiger charge is -2.27. The third-order valence-electron chi connectivity index (χ3n) is 3.59. The standard InChI is InChI=1S/C17H25NO3/c1-4-6-11-16(19)18(12-13(3)17(20)21)15-10-8-7-9-14(15)5-2/h7-10,13H,4-6,11-12H2,1-3H3,(H,20,21). The zero-order valence-electron chi connectivity index (χ0n) is 13.1. The molecule has 116 valence electrons. The van der Waals surface area contributed by atoms with Crippen molar-refractivity contribution in [1.82, 2.24) is 0 Å². The van der Waals surface area contributed by atoms with Crippen LogP contribution in [0.15, 0.2) is 24.3 Å². The van der Waals surface area contributed by atoms with Crippen LogP contribution in [-0.2, 0) is 16.0 Å². The van der Waals surface area contributed by atoms with E-state index in [0.717, 1.165) is 30.5 Å². The molecule has 0 heterocycles. The minimum absolute atomic E-state index is 0.00542. The van der Waals surface area contributed by atoms with E-state index in [0.29, 0.717) is 6.42 Å². The van der Waals surface area contributed by atoms with Crippen molar-refractivity contribution in [2.75, 3.05) is 11.4 Å². The third kappa shape index (κ3) is 4.88. The molecule has 21 heavy (non-hydrogen) atoms. The SMILES string of the molecule is CCCCC(=O)N(CC(C)C(=O)O)c1ccccc1CC. The third-order valence-corrected chi connectivity index (χ3v) is 3.59. The van der Waals surface area contributed by atoms with E-state index in [-0.39, 0.29) is 12.5 Å². The van der Waals surface area contributed by atoms with Crippen LogP contribution in [0.3, 0.4) is 0 Å². The van der Waals surface area contributed by atoms with E-state index in [9.17, 15) is 9.59 Å². The summed E-state index contributed by atoms with van der Waals surface area (Å²) in [5.41, 5.74) is 1.91. The quantitative estimate of drug-likeness (QED) is 0.797. The summed E-state index contributed by atoms with van der Waals surface area (Å²) in [7, 11) is 0. The topological polar surface area (TPSA) is 57.6 Å². The first-order valence-corrected chi connectivity index (χ1v) is 7.62. The minimum Gasteiger partial charge on any atom is -0.481 e. The highest BCUT2D eigenvalue weighted by Crippen LogP contribution is 2.23. The van der Waals surface area contributed by atoms with Crippen LogP contribution in [0.4, 0.5) is 5.69 Å². The summed E-state index contributed by atoms with van der Waals surface area (Å²) in [4.78, 5) is 25.2. The highest BCUT2D eigenvalue weighted by atomic mass is 16.4. The lowest BCUT2D eigenvalue weighted by Crippen LogP contribution is -2.37. The van der Waals surface area contributed by atoms with Crippen LogP contribution in [0.5, 0.6) is 0 Å². The maximum atomic E-state index is 12.5. The number of carbonyl (C=O) groups excluding carboxylic acids is 1. The Labute approximate surface area is 126 Å². The fraction of sp³-hybridized carbons (Fsp3) is 0.529. The van der Waals surface area contributed by atoms with E-state index in [2.05, 4.69) is 0 Å².